The Hall–Kier alpha value is -1.92. The van der Waals surface area contributed by atoms with Crippen molar-refractivity contribution in [2.24, 2.45) is 5.73 Å². The maximum atomic E-state index is 12.2. The fraction of sp³-hybridized carbons (Fsp3) is 0.438. The van der Waals surface area contributed by atoms with Gasteiger partial charge in [-0.25, -0.2) is 4.68 Å². The highest BCUT2D eigenvalue weighted by molar-refractivity contribution is 5.92. The molecule has 0 aliphatic heterocycles. The predicted molar refractivity (Wildman–Crippen MR) is 93.2 cm³/mol. The third-order valence-corrected chi connectivity index (χ3v) is 3.52. The largest absolute Gasteiger partial charge is 0.347 e. The van der Waals surface area contributed by atoms with Gasteiger partial charge in [0.1, 0.15) is 0 Å². The number of halogens is 1. The van der Waals surface area contributed by atoms with Crippen molar-refractivity contribution in [3.05, 3.63) is 41.7 Å². The van der Waals surface area contributed by atoms with Gasteiger partial charge >= 0.3 is 0 Å². The van der Waals surface area contributed by atoms with Gasteiger partial charge in [0.25, 0.3) is 5.91 Å². The van der Waals surface area contributed by atoms with Crippen molar-refractivity contribution in [1.29, 1.82) is 0 Å². The number of amides is 1. The fourth-order valence-corrected chi connectivity index (χ4v) is 2.22. The van der Waals surface area contributed by atoms with E-state index < -0.39 is 0 Å². The number of carbonyl (C=O) groups excluding carboxylic acids is 1. The number of aromatic nitrogens is 3. The zero-order valence-electron chi connectivity index (χ0n) is 13.5. The van der Waals surface area contributed by atoms with E-state index >= 15 is 0 Å². The van der Waals surface area contributed by atoms with Crippen LogP contribution in [0, 0.1) is 6.92 Å². The lowest BCUT2D eigenvalue weighted by atomic mass is 10.1. The summed E-state index contributed by atoms with van der Waals surface area (Å²) in [6.07, 6.45) is 4.64. The summed E-state index contributed by atoms with van der Waals surface area (Å²) >= 11 is 0. The number of benzene rings is 1. The van der Waals surface area contributed by atoms with Crippen LogP contribution in [-0.2, 0) is 0 Å². The Labute approximate surface area is 142 Å². The van der Waals surface area contributed by atoms with Gasteiger partial charge in [0.05, 0.1) is 11.9 Å². The highest BCUT2D eigenvalue weighted by atomic mass is 35.5. The van der Waals surface area contributed by atoms with Crippen LogP contribution in [0.4, 0.5) is 0 Å². The number of aryl methyl sites for hydroxylation is 1. The van der Waals surface area contributed by atoms with Gasteiger partial charge in [0, 0.05) is 12.6 Å². The molecule has 2 aromatic rings. The number of hydrogen-bond donors (Lipinski definition) is 2. The molecule has 6 nitrogen and oxygen atoms in total. The van der Waals surface area contributed by atoms with Crippen LogP contribution >= 0.6 is 12.4 Å². The van der Waals surface area contributed by atoms with Gasteiger partial charge in [-0.3, -0.25) is 4.79 Å². The lowest BCUT2D eigenvalue weighted by molar-refractivity contribution is 0.0930. The third kappa shape index (κ3) is 5.33. The minimum atomic E-state index is -0.231. The summed E-state index contributed by atoms with van der Waals surface area (Å²) < 4.78 is 1.60. The van der Waals surface area contributed by atoms with Crippen molar-refractivity contribution in [3.63, 3.8) is 0 Å². The number of unbranched alkanes of at least 4 members (excludes halogenated alkanes) is 1. The van der Waals surface area contributed by atoms with Gasteiger partial charge in [0.15, 0.2) is 5.69 Å². The van der Waals surface area contributed by atoms with Crippen LogP contribution in [0.3, 0.4) is 0 Å². The standard InChI is InChI=1S/C16H23N5O.ClH/c1-3-4-7-13(10-17)18-16(22)15-11-21(20-19-15)14-8-5-6-12(2)9-14;/h5-6,8-9,11,13H,3-4,7,10,17H2,1-2H3,(H,18,22);1H. The van der Waals surface area contributed by atoms with Crippen LogP contribution in [0.1, 0.15) is 42.2 Å². The molecule has 126 valence electrons. The van der Waals surface area contributed by atoms with E-state index in [0.29, 0.717) is 12.2 Å². The highest BCUT2D eigenvalue weighted by Gasteiger charge is 2.15. The molecular weight excluding hydrogens is 314 g/mol. The summed E-state index contributed by atoms with van der Waals surface area (Å²) in [7, 11) is 0. The van der Waals surface area contributed by atoms with E-state index in [9.17, 15) is 4.79 Å². The third-order valence-electron chi connectivity index (χ3n) is 3.52. The van der Waals surface area contributed by atoms with Gasteiger partial charge < -0.3 is 11.1 Å². The van der Waals surface area contributed by atoms with E-state index in [4.69, 9.17) is 5.73 Å². The number of nitrogens with zero attached hydrogens (tertiary/aromatic N) is 3. The van der Waals surface area contributed by atoms with Crippen LogP contribution in [0.5, 0.6) is 0 Å². The molecular formula is C16H24ClN5O. The first-order valence-electron chi connectivity index (χ1n) is 7.64. The van der Waals surface area contributed by atoms with Gasteiger partial charge in [-0.2, -0.15) is 0 Å². The van der Waals surface area contributed by atoms with Crippen LogP contribution < -0.4 is 11.1 Å². The molecule has 0 spiro atoms. The normalized spacial score (nSPS) is 11.6. The zero-order chi connectivity index (χ0) is 15.9. The van der Waals surface area contributed by atoms with Crippen LogP contribution in [0.2, 0.25) is 0 Å². The zero-order valence-corrected chi connectivity index (χ0v) is 14.3. The van der Waals surface area contributed by atoms with Crippen molar-refractivity contribution in [1.82, 2.24) is 20.3 Å². The molecule has 0 bridgehead atoms. The molecule has 2 rings (SSSR count). The predicted octanol–water partition coefficient (Wildman–Crippen LogP) is 2.24. The van der Waals surface area contributed by atoms with Crippen molar-refractivity contribution in [2.75, 3.05) is 6.54 Å². The molecule has 23 heavy (non-hydrogen) atoms. The Morgan fingerprint density at radius 3 is 2.87 bits per heavy atom. The molecule has 1 atom stereocenters. The van der Waals surface area contributed by atoms with Crippen molar-refractivity contribution < 1.29 is 4.79 Å². The van der Waals surface area contributed by atoms with E-state index in [1.807, 2.05) is 31.2 Å². The van der Waals surface area contributed by atoms with Gasteiger partial charge in [0.2, 0.25) is 0 Å². The Morgan fingerprint density at radius 2 is 2.22 bits per heavy atom. The lowest BCUT2D eigenvalue weighted by Gasteiger charge is -2.15. The Kier molecular flexibility index (Phi) is 7.71. The topological polar surface area (TPSA) is 85.8 Å². The first-order chi connectivity index (χ1) is 10.6. The SMILES string of the molecule is CCCCC(CN)NC(=O)c1cn(-c2cccc(C)c2)nn1.Cl. The molecule has 0 fully saturated rings. The average Bonchev–Trinajstić information content (AvgIpc) is 3.01. The molecule has 1 unspecified atom stereocenters. The maximum Gasteiger partial charge on any atom is 0.273 e. The summed E-state index contributed by atoms with van der Waals surface area (Å²) in [5, 5.41) is 10.9. The fourth-order valence-electron chi connectivity index (χ4n) is 2.22. The Bertz CT molecular complexity index is 628. The van der Waals surface area contributed by atoms with Gasteiger partial charge in [-0.15, -0.1) is 17.5 Å². The molecule has 0 saturated heterocycles. The second-order valence-corrected chi connectivity index (χ2v) is 5.44. The number of nitrogens with two attached hydrogens (primary N) is 1. The summed E-state index contributed by atoms with van der Waals surface area (Å²) in [5.41, 5.74) is 8.01. The Balaban J connectivity index is 0.00000264. The quantitative estimate of drug-likeness (QED) is 0.811. The first kappa shape index (κ1) is 19.1. The molecule has 3 N–H and O–H groups in total. The molecule has 1 amide bonds. The molecule has 0 aliphatic carbocycles. The summed E-state index contributed by atoms with van der Waals surface area (Å²) in [4.78, 5) is 12.2. The van der Waals surface area contributed by atoms with E-state index in [1.54, 1.807) is 10.9 Å². The number of nitrogens with one attached hydrogen (secondary N) is 1. The van der Waals surface area contributed by atoms with Crippen LogP contribution in [0.15, 0.2) is 30.5 Å². The van der Waals surface area contributed by atoms with Crippen molar-refractivity contribution in [3.8, 4) is 5.69 Å². The Morgan fingerprint density at radius 1 is 1.43 bits per heavy atom. The number of rotatable bonds is 7. The first-order valence-corrected chi connectivity index (χ1v) is 7.64. The summed E-state index contributed by atoms with van der Waals surface area (Å²) in [6, 6.07) is 7.85. The smallest absolute Gasteiger partial charge is 0.273 e. The van der Waals surface area contributed by atoms with Crippen molar-refractivity contribution >= 4 is 18.3 Å². The summed E-state index contributed by atoms with van der Waals surface area (Å²) in [5.74, 6) is -0.231. The van der Waals surface area contributed by atoms with E-state index in [1.165, 1.54) is 0 Å². The van der Waals surface area contributed by atoms with Crippen LogP contribution in [0.25, 0.3) is 5.69 Å². The molecule has 0 aliphatic rings. The average molecular weight is 338 g/mol. The molecule has 1 heterocycles. The lowest BCUT2D eigenvalue weighted by Crippen LogP contribution is -2.40. The van der Waals surface area contributed by atoms with E-state index in [2.05, 4.69) is 22.6 Å². The van der Waals surface area contributed by atoms with Gasteiger partial charge in [-0.1, -0.05) is 37.1 Å². The molecule has 7 heteroatoms. The van der Waals surface area contributed by atoms with Gasteiger partial charge in [-0.05, 0) is 31.0 Å². The molecule has 1 aromatic heterocycles. The highest BCUT2D eigenvalue weighted by Crippen LogP contribution is 2.09. The second kappa shape index (κ2) is 9.27. The number of hydrogen-bond acceptors (Lipinski definition) is 4. The molecule has 0 radical (unpaired) electrons. The minimum absolute atomic E-state index is 0. The maximum absolute atomic E-state index is 12.2. The van der Waals surface area contributed by atoms with E-state index in [-0.39, 0.29) is 24.4 Å². The van der Waals surface area contributed by atoms with Crippen LogP contribution in [-0.4, -0.2) is 33.5 Å². The second-order valence-electron chi connectivity index (χ2n) is 5.44. The molecule has 1 aromatic carbocycles. The van der Waals surface area contributed by atoms with Crippen molar-refractivity contribution in [2.45, 2.75) is 39.2 Å². The summed E-state index contributed by atoms with van der Waals surface area (Å²) in [6.45, 7) is 4.55. The minimum Gasteiger partial charge on any atom is -0.347 e. The number of carbonyl (C=O) groups is 1. The monoisotopic (exact) mass is 337 g/mol. The molecule has 0 saturated carbocycles. The van der Waals surface area contributed by atoms with E-state index in [0.717, 1.165) is 30.5 Å².